The van der Waals surface area contributed by atoms with E-state index >= 15 is 0 Å². The van der Waals surface area contributed by atoms with Crippen LogP contribution in [0.1, 0.15) is 23.6 Å². The molecule has 2 heterocycles. The highest BCUT2D eigenvalue weighted by molar-refractivity contribution is 7.91. The van der Waals surface area contributed by atoms with Crippen molar-refractivity contribution in [1.29, 1.82) is 0 Å². The molecule has 218 valence electrons. The Balaban J connectivity index is 1.81. The number of likely N-dealkylation sites (tertiary alicyclic amines) is 1. The van der Waals surface area contributed by atoms with Gasteiger partial charge in [-0.25, -0.2) is 21.6 Å². The molecule has 1 aromatic heterocycles. The molecular weight excluding hydrogens is 618 g/mol. The van der Waals surface area contributed by atoms with Crippen LogP contribution < -0.4 is 11.2 Å². The van der Waals surface area contributed by atoms with Crippen LogP contribution in [0.4, 0.5) is 13.2 Å². The molecule has 1 fully saturated rings. The molecule has 0 unspecified atom stereocenters. The van der Waals surface area contributed by atoms with E-state index in [1.807, 2.05) is 0 Å². The lowest BCUT2D eigenvalue weighted by atomic mass is 9.98. The lowest BCUT2D eigenvalue weighted by Gasteiger charge is -2.39. The summed E-state index contributed by atoms with van der Waals surface area (Å²) in [5.74, 6) is -0.602. The van der Waals surface area contributed by atoms with Gasteiger partial charge in [0.05, 0.1) is 44.4 Å². The highest BCUT2D eigenvalue weighted by Gasteiger charge is 2.38. The fourth-order valence-corrected chi connectivity index (χ4v) is 7.49. The van der Waals surface area contributed by atoms with Crippen LogP contribution in [0.2, 0.25) is 10.0 Å². The molecule has 2 aromatic carbocycles. The van der Waals surface area contributed by atoms with Crippen molar-refractivity contribution in [2.24, 2.45) is 5.92 Å². The first-order chi connectivity index (χ1) is 18.4. The molecule has 9 nitrogen and oxygen atoms in total. The zero-order valence-corrected chi connectivity index (χ0v) is 24.3. The second-order valence-corrected chi connectivity index (χ2v) is 15.0. The molecular formula is C24H24Cl2F3N3O6S2. The van der Waals surface area contributed by atoms with Gasteiger partial charge < -0.3 is 4.98 Å². The van der Waals surface area contributed by atoms with Crippen LogP contribution >= 0.6 is 23.2 Å². The van der Waals surface area contributed by atoms with Gasteiger partial charge in [-0.2, -0.15) is 13.2 Å². The Morgan fingerprint density at radius 2 is 1.70 bits per heavy atom. The average molecular weight is 643 g/mol. The van der Waals surface area contributed by atoms with Crippen LogP contribution in [-0.4, -0.2) is 62.1 Å². The van der Waals surface area contributed by atoms with Gasteiger partial charge in [0.1, 0.15) is 9.84 Å². The molecule has 16 heteroatoms. The summed E-state index contributed by atoms with van der Waals surface area (Å²) in [6, 6.07) is 4.44. The van der Waals surface area contributed by atoms with E-state index in [2.05, 4.69) is 4.98 Å². The minimum absolute atomic E-state index is 0.0153. The summed E-state index contributed by atoms with van der Waals surface area (Å²) >= 11 is 12.4. The van der Waals surface area contributed by atoms with Gasteiger partial charge >= 0.3 is 11.9 Å². The number of aromatic amines is 1. The van der Waals surface area contributed by atoms with Gasteiger partial charge in [-0.15, -0.1) is 0 Å². The quantitative estimate of drug-likeness (QED) is 0.400. The second kappa shape index (κ2) is 10.8. The van der Waals surface area contributed by atoms with Crippen LogP contribution in [0.5, 0.6) is 0 Å². The topological polar surface area (TPSA) is 126 Å². The number of hydrogen-bond acceptors (Lipinski definition) is 7. The third kappa shape index (κ3) is 6.25. The fraction of sp³-hybridized carbons (Fsp3) is 0.417. The number of nitrogens with one attached hydrogen (secondary N) is 1. The van der Waals surface area contributed by atoms with E-state index in [1.54, 1.807) is 4.90 Å². The number of rotatable bonds is 8. The Bertz CT molecular complexity index is 1830. The van der Waals surface area contributed by atoms with Gasteiger partial charge in [-0.3, -0.25) is 14.3 Å². The van der Waals surface area contributed by atoms with E-state index < -0.39 is 59.6 Å². The molecule has 0 amide bonds. The lowest BCUT2D eigenvalue weighted by molar-refractivity contribution is -0.138. The summed E-state index contributed by atoms with van der Waals surface area (Å²) < 4.78 is 91.1. The van der Waals surface area contributed by atoms with E-state index in [1.165, 1.54) is 25.1 Å². The van der Waals surface area contributed by atoms with Crippen molar-refractivity contribution < 1.29 is 30.0 Å². The summed E-state index contributed by atoms with van der Waals surface area (Å²) in [6.07, 6.45) is -3.83. The van der Waals surface area contributed by atoms with E-state index in [0.29, 0.717) is 10.6 Å². The van der Waals surface area contributed by atoms with Crippen molar-refractivity contribution in [3.8, 4) is 0 Å². The molecule has 0 atom stereocenters. The van der Waals surface area contributed by atoms with E-state index in [-0.39, 0.29) is 63.6 Å². The molecule has 1 aliphatic heterocycles. The lowest BCUT2D eigenvalue weighted by Crippen LogP contribution is -2.49. The van der Waals surface area contributed by atoms with Crippen LogP contribution in [0.3, 0.4) is 0 Å². The van der Waals surface area contributed by atoms with Gasteiger partial charge in [0, 0.05) is 30.9 Å². The Labute approximate surface area is 237 Å². The maximum absolute atomic E-state index is 14.1. The third-order valence-corrected chi connectivity index (χ3v) is 10.2. The maximum atomic E-state index is 14.1. The number of halogens is 5. The molecule has 0 radical (unpaired) electrons. The fourth-order valence-electron chi connectivity index (χ4n) is 4.81. The first kappa shape index (κ1) is 30.6. The number of hydrogen-bond donors (Lipinski definition) is 1. The SMILES string of the molecule is CCS(=O)(=O)c1ccc(Cl)cc1Cn1c(=O)[nH]c2c(Cl)c(CN3CC(CS(C)(=O)=O)C3)c(C(F)(F)F)cc2c1=O. The largest absolute Gasteiger partial charge is 0.416 e. The number of H-pyrrole nitrogens is 1. The Hall–Kier alpha value is -2.39. The number of aromatic nitrogens is 2. The van der Waals surface area contributed by atoms with E-state index in [9.17, 15) is 39.6 Å². The van der Waals surface area contributed by atoms with Gasteiger partial charge in [-0.05, 0) is 41.3 Å². The van der Waals surface area contributed by atoms with E-state index in [0.717, 1.165) is 6.26 Å². The van der Waals surface area contributed by atoms with Crippen LogP contribution in [0, 0.1) is 5.92 Å². The standard InChI is InChI=1S/C24H24Cl2F3N3O6S2/c1-3-40(37,38)19-5-4-15(25)6-14(19)10-32-22(33)16-7-18(24(27,28)29)17(20(26)21(16)30-23(32)34)11-31-8-13(9-31)12-39(2,35)36/h4-7,13H,3,8-12H2,1-2H3,(H,30,34). The molecule has 4 rings (SSSR count). The summed E-state index contributed by atoms with van der Waals surface area (Å²) in [4.78, 5) is 30.1. The van der Waals surface area contributed by atoms with Crippen LogP contribution in [-0.2, 0) is 38.9 Å². The minimum atomic E-state index is -4.91. The van der Waals surface area contributed by atoms with Crippen molar-refractivity contribution in [2.75, 3.05) is 30.9 Å². The van der Waals surface area contributed by atoms with E-state index in [4.69, 9.17) is 23.2 Å². The van der Waals surface area contributed by atoms with Gasteiger partial charge in [-0.1, -0.05) is 30.1 Å². The number of nitrogens with zero attached hydrogens (tertiary/aromatic N) is 2. The number of fused-ring (bicyclic) bond motifs is 1. The van der Waals surface area contributed by atoms with Crippen molar-refractivity contribution in [2.45, 2.75) is 31.1 Å². The Morgan fingerprint density at radius 1 is 1.05 bits per heavy atom. The van der Waals surface area contributed by atoms with Crippen molar-refractivity contribution in [1.82, 2.24) is 14.5 Å². The van der Waals surface area contributed by atoms with Crippen LogP contribution in [0.25, 0.3) is 10.9 Å². The van der Waals surface area contributed by atoms with Crippen molar-refractivity contribution in [3.05, 3.63) is 71.8 Å². The highest BCUT2D eigenvalue weighted by Crippen LogP contribution is 2.39. The molecule has 1 aliphatic rings. The monoisotopic (exact) mass is 641 g/mol. The van der Waals surface area contributed by atoms with Gasteiger partial charge in [0.25, 0.3) is 5.56 Å². The molecule has 1 saturated heterocycles. The van der Waals surface area contributed by atoms with Crippen molar-refractivity contribution >= 4 is 53.8 Å². The predicted molar refractivity (Wildman–Crippen MR) is 146 cm³/mol. The molecule has 0 saturated carbocycles. The number of alkyl halides is 3. The minimum Gasteiger partial charge on any atom is -0.305 e. The zero-order valence-electron chi connectivity index (χ0n) is 21.2. The number of benzene rings is 2. The zero-order chi connectivity index (χ0) is 29.8. The average Bonchev–Trinajstić information content (AvgIpc) is 2.80. The molecule has 0 spiro atoms. The summed E-state index contributed by atoms with van der Waals surface area (Å²) in [7, 11) is -7.04. The van der Waals surface area contributed by atoms with Crippen LogP contribution in [0.15, 0.2) is 38.8 Å². The number of sulfone groups is 2. The maximum Gasteiger partial charge on any atom is 0.416 e. The first-order valence-corrected chi connectivity index (χ1v) is 16.3. The molecule has 40 heavy (non-hydrogen) atoms. The smallest absolute Gasteiger partial charge is 0.305 e. The molecule has 0 bridgehead atoms. The normalized spacial score (nSPS) is 15.5. The summed E-state index contributed by atoms with van der Waals surface area (Å²) in [5.41, 5.74) is -3.93. The van der Waals surface area contributed by atoms with Crippen molar-refractivity contribution in [3.63, 3.8) is 0 Å². The highest BCUT2D eigenvalue weighted by atomic mass is 35.5. The van der Waals surface area contributed by atoms with Gasteiger partial charge in [0.2, 0.25) is 0 Å². The molecule has 3 aromatic rings. The second-order valence-electron chi connectivity index (χ2n) is 9.77. The summed E-state index contributed by atoms with van der Waals surface area (Å²) in [6.45, 7) is 1.02. The van der Waals surface area contributed by atoms with Gasteiger partial charge in [0.15, 0.2) is 9.84 Å². The Kier molecular flexibility index (Phi) is 8.24. The summed E-state index contributed by atoms with van der Waals surface area (Å²) in [5, 5.41) is -0.844. The third-order valence-electron chi connectivity index (χ3n) is 6.64. The Morgan fingerprint density at radius 3 is 2.27 bits per heavy atom. The molecule has 1 N–H and O–H groups in total. The first-order valence-electron chi connectivity index (χ1n) is 11.9. The predicted octanol–water partition coefficient (Wildman–Crippen LogP) is 3.33. The molecule has 0 aliphatic carbocycles.